The Morgan fingerprint density at radius 3 is 2.41 bits per heavy atom. The second-order valence-corrected chi connectivity index (χ2v) is 8.94. The van der Waals surface area contributed by atoms with Crippen molar-refractivity contribution in [3.63, 3.8) is 0 Å². The van der Waals surface area contributed by atoms with Gasteiger partial charge in [-0.1, -0.05) is 29.4 Å². The molecule has 32 heavy (non-hydrogen) atoms. The van der Waals surface area contributed by atoms with Crippen LogP contribution in [0.4, 0.5) is 5.69 Å². The molecule has 1 aromatic heterocycles. The standard InChI is InChI=1S/C26H32N4O2/c1-29(2)22-13-11-19(12-14-22)24(30(3)4)17-27-26(31)23-16-25(32-28-23)21-10-9-18-7-5-6-8-20(18)15-21/h9-16,24H,5-8,17H2,1-4H3,(H,27,31)/t24-/m0/s1. The van der Waals surface area contributed by atoms with Gasteiger partial charge in [-0.05, 0) is 74.7 Å². The van der Waals surface area contributed by atoms with Crippen LogP contribution < -0.4 is 10.2 Å². The zero-order valence-electron chi connectivity index (χ0n) is 19.4. The highest BCUT2D eigenvalue weighted by Crippen LogP contribution is 2.28. The van der Waals surface area contributed by atoms with Crippen molar-refractivity contribution in [2.75, 3.05) is 39.6 Å². The molecule has 0 aliphatic heterocycles. The van der Waals surface area contributed by atoms with Gasteiger partial charge in [-0.25, -0.2) is 0 Å². The number of aromatic nitrogens is 1. The minimum atomic E-state index is -0.227. The van der Waals surface area contributed by atoms with Gasteiger partial charge in [0.15, 0.2) is 11.5 Å². The molecule has 6 heteroatoms. The SMILES string of the molecule is CN(C)c1ccc([C@H](CNC(=O)c2cc(-c3ccc4c(c3)CCCC4)on2)N(C)C)cc1. The van der Waals surface area contributed by atoms with Crippen molar-refractivity contribution in [3.8, 4) is 11.3 Å². The summed E-state index contributed by atoms with van der Waals surface area (Å²) >= 11 is 0. The molecule has 1 heterocycles. The fourth-order valence-corrected chi connectivity index (χ4v) is 4.28. The molecule has 1 amide bonds. The number of benzene rings is 2. The molecule has 2 aromatic carbocycles. The van der Waals surface area contributed by atoms with Crippen LogP contribution in [0.2, 0.25) is 0 Å². The van der Waals surface area contributed by atoms with Crippen molar-refractivity contribution in [1.82, 2.24) is 15.4 Å². The molecule has 1 aliphatic carbocycles. The molecule has 0 spiro atoms. The first-order valence-electron chi connectivity index (χ1n) is 11.2. The number of nitrogens with one attached hydrogen (secondary N) is 1. The van der Waals surface area contributed by atoms with Crippen LogP contribution in [0.3, 0.4) is 0 Å². The number of anilines is 1. The van der Waals surface area contributed by atoms with Gasteiger partial charge in [0.05, 0.1) is 6.04 Å². The van der Waals surface area contributed by atoms with Gasteiger partial charge in [-0.2, -0.15) is 0 Å². The normalized spacial score (nSPS) is 14.2. The van der Waals surface area contributed by atoms with Gasteiger partial charge >= 0.3 is 0 Å². The van der Waals surface area contributed by atoms with Gasteiger partial charge in [0, 0.05) is 38.0 Å². The van der Waals surface area contributed by atoms with Crippen molar-refractivity contribution in [1.29, 1.82) is 0 Å². The van der Waals surface area contributed by atoms with Crippen LogP contribution in [0, 0.1) is 0 Å². The fourth-order valence-electron chi connectivity index (χ4n) is 4.28. The van der Waals surface area contributed by atoms with Gasteiger partial charge in [-0.3, -0.25) is 4.79 Å². The highest BCUT2D eigenvalue weighted by atomic mass is 16.5. The number of carbonyl (C=O) groups is 1. The molecular formula is C26H32N4O2. The molecule has 0 radical (unpaired) electrons. The lowest BCUT2D eigenvalue weighted by atomic mass is 9.90. The van der Waals surface area contributed by atoms with E-state index in [0.717, 1.165) is 29.7 Å². The summed E-state index contributed by atoms with van der Waals surface area (Å²) < 4.78 is 5.51. The number of hydrogen-bond acceptors (Lipinski definition) is 5. The average molecular weight is 433 g/mol. The van der Waals surface area contributed by atoms with Crippen LogP contribution >= 0.6 is 0 Å². The summed E-state index contributed by atoms with van der Waals surface area (Å²) in [5, 5.41) is 7.04. The first-order valence-corrected chi connectivity index (χ1v) is 11.2. The lowest BCUT2D eigenvalue weighted by molar-refractivity contribution is 0.0933. The molecule has 168 valence electrons. The van der Waals surface area contributed by atoms with E-state index in [1.807, 2.05) is 28.2 Å². The maximum Gasteiger partial charge on any atom is 0.273 e. The summed E-state index contributed by atoms with van der Waals surface area (Å²) in [5.41, 5.74) is 6.38. The third-order valence-corrected chi connectivity index (χ3v) is 6.25. The first-order chi connectivity index (χ1) is 15.4. The molecule has 0 unspecified atom stereocenters. The summed E-state index contributed by atoms with van der Waals surface area (Å²) in [4.78, 5) is 16.9. The zero-order chi connectivity index (χ0) is 22.7. The largest absolute Gasteiger partial charge is 0.378 e. The Hall–Kier alpha value is -3.12. The number of amides is 1. The Morgan fingerprint density at radius 1 is 1.00 bits per heavy atom. The van der Waals surface area contributed by atoms with E-state index in [1.54, 1.807) is 6.07 Å². The maximum absolute atomic E-state index is 12.8. The zero-order valence-corrected chi connectivity index (χ0v) is 19.4. The van der Waals surface area contributed by atoms with E-state index in [1.165, 1.54) is 24.0 Å². The van der Waals surface area contributed by atoms with E-state index >= 15 is 0 Å². The van der Waals surface area contributed by atoms with E-state index in [4.69, 9.17) is 4.52 Å². The lowest BCUT2D eigenvalue weighted by Crippen LogP contribution is -2.34. The Morgan fingerprint density at radius 2 is 1.72 bits per heavy atom. The van der Waals surface area contributed by atoms with Gasteiger partial charge in [0.25, 0.3) is 5.91 Å². The summed E-state index contributed by atoms with van der Waals surface area (Å²) in [6.07, 6.45) is 4.73. The highest BCUT2D eigenvalue weighted by Gasteiger charge is 2.19. The van der Waals surface area contributed by atoms with Crippen LogP contribution in [0.25, 0.3) is 11.3 Å². The topological polar surface area (TPSA) is 61.6 Å². The number of aryl methyl sites for hydroxylation is 2. The smallest absolute Gasteiger partial charge is 0.273 e. The third kappa shape index (κ3) is 4.86. The van der Waals surface area contributed by atoms with Crippen molar-refractivity contribution in [2.24, 2.45) is 0 Å². The predicted molar refractivity (Wildman–Crippen MR) is 128 cm³/mol. The minimum absolute atomic E-state index is 0.0576. The van der Waals surface area contributed by atoms with E-state index in [-0.39, 0.29) is 11.9 Å². The van der Waals surface area contributed by atoms with Crippen molar-refractivity contribution in [3.05, 3.63) is 70.9 Å². The Balaban J connectivity index is 1.43. The molecule has 1 atom stereocenters. The number of hydrogen-bond donors (Lipinski definition) is 1. The molecule has 4 rings (SSSR count). The molecule has 0 bridgehead atoms. The molecule has 0 saturated heterocycles. The number of rotatable bonds is 7. The van der Waals surface area contributed by atoms with E-state index in [9.17, 15) is 4.79 Å². The van der Waals surface area contributed by atoms with E-state index in [0.29, 0.717) is 18.0 Å². The minimum Gasteiger partial charge on any atom is -0.378 e. The summed E-state index contributed by atoms with van der Waals surface area (Å²) in [7, 11) is 8.08. The van der Waals surface area contributed by atoms with Gasteiger partial charge in [-0.15, -0.1) is 0 Å². The quantitative estimate of drug-likeness (QED) is 0.603. The first kappa shape index (κ1) is 22.1. The van der Waals surface area contributed by atoms with Crippen LogP contribution in [-0.2, 0) is 12.8 Å². The number of fused-ring (bicyclic) bond motifs is 1. The summed E-state index contributed by atoms with van der Waals surface area (Å²) in [6.45, 7) is 0.480. The second-order valence-electron chi connectivity index (χ2n) is 8.94. The highest BCUT2D eigenvalue weighted by molar-refractivity contribution is 5.93. The lowest BCUT2D eigenvalue weighted by Gasteiger charge is -2.25. The van der Waals surface area contributed by atoms with Gasteiger partial charge in [0.1, 0.15) is 0 Å². The van der Waals surface area contributed by atoms with Crippen molar-refractivity contribution in [2.45, 2.75) is 31.7 Å². The van der Waals surface area contributed by atoms with Crippen molar-refractivity contribution >= 4 is 11.6 Å². The van der Waals surface area contributed by atoms with Crippen LogP contribution in [-0.4, -0.2) is 50.7 Å². The number of likely N-dealkylation sites (N-methyl/N-ethyl adjacent to an activating group) is 1. The Bertz CT molecular complexity index is 1070. The molecule has 0 saturated carbocycles. The van der Waals surface area contributed by atoms with Crippen LogP contribution in [0.5, 0.6) is 0 Å². The maximum atomic E-state index is 12.8. The summed E-state index contributed by atoms with van der Waals surface area (Å²) in [5.74, 6) is 0.404. The second kappa shape index (κ2) is 9.57. The average Bonchev–Trinajstić information content (AvgIpc) is 3.29. The predicted octanol–water partition coefficient (Wildman–Crippen LogP) is 4.32. The van der Waals surface area contributed by atoms with Crippen molar-refractivity contribution < 1.29 is 9.32 Å². The van der Waals surface area contributed by atoms with Crippen LogP contribution in [0.1, 0.15) is 46.1 Å². The fraction of sp³-hybridized carbons (Fsp3) is 0.385. The Labute approximate surface area is 190 Å². The Kier molecular flexibility index (Phi) is 6.61. The van der Waals surface area contributed by atoms with E-state index < -0.39 is 0 Å². The molecule has 0 fully saturated rings. The molecule has 1 aliphatic rings. The molecule has 3 aromatic rings. The van der Waals surface area contributed by atoms with Gasteiger partial charge in [0.2, 0.25) is 0 Å². The third-order valence-electron chi connectivity index (χ3n) is 6.25. The molecule has 1 N–H and O–H groups in total. The van der Waals surface area contributed by atoms with Crippen LogP contribution in [0.15, 0.2) is 53.1 Å². The summed E-state index contributed by atoms with van der Waals surface area (Å²) in [6, 6.07) is 16.6. The number of carbonyl (C=O) groups excluding carboxylic acids is 1. The number of nitrogens with zero attached hydrogens (tertiary/aromatic N) is 3. The molecule has 6 nitrogen and oxygen atoms in total. The van der Waals surface area contributed by atoms with E-state index in [2.05, 4.69) is 62.7 Å². The monoisotopic (exact) mass is 432 g/mol. The molecular weight excluding hydrogens is 400 g/mol. The van der Waals surface area contributed by atoms with Gasteiger partial charge < -0.3 is 19.6 Å².